The molecule has 0 fully saturated rings. The molecule has 2 nitrogen and oxygen atoms in total. The summed E-state index contributed by atoms with van der Waals surface area (Å²) in [7, 11) is 1.72. The van der Waals surface area contributed by atoms with Crippen LogP contribution in [0.5, 0.6) is 5.75 Å². The topological polar surface area (TPSA) is 35.2 Å². The van der Waals surface area contributed by atoms with Crippen molar-refractivity contribution in [3.05, 3.63) is 59.2 Å². The molecule has 0 heterocycles. The van der Waals surface area contributed by atoms with Crippen LogP contribution in [-0.4, -0.2) is 7.11 Å². The Bertz CT molecular complexity index is 537. The van der Waals surface area contributed by atoms with Crippen LogP contribution in [0, 0.1) is 6.92 Å². The first kappa shape index (κ1) is 14.0. The van der Waals surface area contributed by atoms with Crippen molar-refractivity contribution < 1.29 is 4.74 Å². The number of thioether (sulfide) groups is 1. The molecular formula is C16H19NOS. The summed E-state index contributed by atoms with van der Waals surface area (Å²) in [5, 5.41) is 0. The molecule has 0 bridgehead atoms. The van der Waals surface area contributed by atoms with Crippen molar-refractivity contribution in [2.24, 2.45) is 5.73 Å². The molecule has 0 aliphatic rings. The smallest absolute Gasteiger partial charge is 0.122 e. The monoisotopic (exact) mass is 273 g/mol. The molecule has 100 valence electrons. The first-order valence-corrected chi connectivity index (χ1v) is 7.27. The van der Waals surface area contributed by atoms with Crippen LogP contribution >= 0.6 is 11.8 Å². The van der Waals surface area contributed by atoms with E-state index in [4.69, 9.17) is 10.5 Å². The van der Waals surface area contributed by atoms with Crippen LogP contribution in [0.25, 0.3) is 0 Å². The van der Waals surface area contributed by atoms with E-state index in [-0.39, 0.29) is 0 Å². The van der Waals surface area contributed by atoms with Crippen molar-refractivity contribution in [3.8, 4) is 5.75 Å². The predicted molar refractivity (Wildman–Crippen MR) is 81.6 cm³/mol. The quantitative estimate of drug-likeness (QED) is 0.843. The van der Waals surface area contributed by atoms with E-state index in [0.29, 0.717) is 6.54 Å². The second-order valence-corrected chi connectivity index (χ2v) is 5.50. The van der Waals surface area contributed by atoms with Gasteiger partial charge in [-0.2, -0.15) is 0 Å². The Kier molecular flexibility index (Phi) is 4.88. The summed E-state index contributed by atoms with van der Waals surface area (Å²) < 4.78 is 5.40. The molecule has 3 heteroatoms. The summed E-state index contributed by atoms with van der Waals surface area (Å²) in [5.74, 6) is 1.86. The molecule has 0 unspecified atom stereocenters. The average molecular weight is 273 g/mol. The lowest BCUT2D eigenvalue weighted by atomic mass is 10.1. The van der Waals surface area contributed by atoms with Gasteiger partial charge < -0.3 is 10.5 Å². The van der Waals surface area contributed by atoms with E-state index in [2.05, 4.69) is 43.3 Å². The Morgan fingerprint density at radius 2 is 1.84 bits per heavy atom. The van der Waals surface area contributed by atoms with Gasteiger partial charge in [-0.25, -0.2) is 0 Å². The number of hydrogen-bond donors (Lipinski definition) is 1. The highest BCUT2D eigenvalue weighted by Crippen LogP contribution is 2.28. The Balaban J connectivity index is 2.07. The summed E-state index contributed by atoms with van der Waals surface area (Å²) in [6.07, 6.45) is 0. The first-order valence-electron chi connectivity index (χ1n) is 6.28. The van der Waals surface area contributed by atoms with Gasteiger partial charge in [-0.3, -0.25) is 0 Å². The standard InChI is InChI=1S/C16H19NOS/c1-12-3-8-16(18-2)14(9-12)11-19-15-6-4-13(10-17)5-7-15/h3-9H,10-11,17H2,1-2H3. The van der Waals surface area contributed by atoms with Gasteiger partial charge in [-0.1, -0.05) is 29.8 Å². The van der Waals surface area contributed by atoms with E-state index >= 15 is 0 Å². The lowest BCUT2D eigenvalue weighted by molar-refractivity contribution is 0.411. The Morgan fingerprint density at radius 3 is 2.47 bits per heavy atom. The van der Waals surface area contributed by atoms with Crippen LogP contribution in [0.3, 0.4) is 0 Å². The van der Waals surface area contributed by atoms with Gasteiger partial charge in [0.05, 0.1) is 7.11 Å². The van der Waals surface area contributed by atoms with Gasteiger partial charge >= 0.3 is 0 Å². The van der Waals surface area contributed by atoms with Gasteiger partial charge in [0.25, 0.3) is 0 Å². The molecule has 2 rings (SSSR count). The number of rotatable bonds is 5. The molecule has 0 aromatic heterocycles. The van der Waals surface area contributed by atoms with Crippen LogP contribution in [0.1, 0.15) is 16.7 Å². The summed E-state index contributed by atoms with van der Waals surface area (Å²) in [6.45, 7) is 2.69. The van der Waals surface area contributed by atoms with E-state index < -0.39 is 0 Å². The zero-order chi connectivity index (χ0) is 13.7. The number of methoxy groups -OCH3 is 1. The molecule has 0 spiro atoms. The number of aryl methyl sites for hydroxylation is 1. The van der Waals surface area contributed by atoms with Crippen molar-refractivity contribution in [1.82, 2.24) is 0 Å². The molecule has 2 N–H and O–H groups in total. The van der Waals surface area contributed by atoms with Gasteiger partial charge in [0.2, 0.25) is 0 Å². The Morgan fingerprint density at radius 1 is 1.11 bits per heavy atom. The molecule has 0 aliphatic heterocycles. The summed E-state index contributed by atoms with van der Waals surface area (Å²) >= 11 is 1.81. The minimum Gasteiger partial charge on any atom is -0.496 e. The fourth-order valence-electron chi connectivity index (χ4n) is 1.90. The van der Waals surface area contributed by atoms with Crippen molar-refractivity contribution >= 4 is 11.8 Å². The number of benzene rings is 2. The second kappa shape index (κ2) is 6.64. The van der Waals surface area contributed by atoms with Crippen LogP contribution in [-0.2, 0) is 12.3 Å². The number of hydrogen-bond acceptors (Lipinski definition) is 3. The van der Waals surface area contributed by atoms with Gasteiger partial charge in [0.15, 0.2) is 0 Å². The van der Waals surface area contributed by atoms with Crippen LogP contribution < -0.4 is 10.5 Å². The van der Waals surface area contributed by atoms with E-state index in [1.807, 2.05) is 17.8 Å². The maximum absolute atomic E-state index is 5.60. The van der Waals surface area contributed by atoms with Crippen molar-refractivity contribution in [1.29, 1.82) is 0 Å². The molecule has 0 atom stereocenters. The van der Waals surface area contributed by atoms with Crippen molar-refractivity contribution in [2.75, 3.05) is 7.11 Å². The molecule has 2 aromatic carbocycles. The molecule has 0 amide bonds. The summed E-state index contributed by atoms with van der Waals surface area (Å²) in [4.78, 5) is 1.25. The molecule has 0 saturated heterocycles. The van der Waals surface area contributed by atoms with Crippen LogP contribution in [0.2, 0.25) is 0 Å². The SMILES string of the molecule is COc1ccc(C)cc1CSc1ccc(CN)cc1. The minimum absolute atomic E-state index is 0.594. The third-order valence-corrected chi connectivity index (χ3v) is 4.05. The predicted octanol–water partition coefficient (Wildman–Crippen LogP) is 3.75. The minimum atomic E-state index is 0.594. The molecule has 0 saturated carbocycles. The zero-order valence-electron chi connectivity index (χ0n) is 11.3. The molecular weight excluding hydrogens is 254 g/mol. The van der Waals surface area contributed by atoms with Gasteiger partial charge in [0.1, 0.15) is 5.75 Å². The summed E-state index contributed by atoms with van der Waals surface area (Å²) in [6, 6.07) is 14.7. The highest BCUT2D eigenvalue weighted by Gasteiger charge is 2.04. The summed E-state index contributed by atoms with van der Waals surface area (Å²) in [5.41, 5.74) is 9.25. The van der Waals surface area contributed by atoms with Crippen molar-refractivity contribution in [2.45, 2.75) is 24.1 Å². The third-order valence-electron chi connectivity index (χ3n) is 2.99. The molecule has 0 radical (unpaired) electrons. The van der Waals surface area contributed by atoms with Crippen molar-refractivity contribution in [3.63, 3.8) is 0 Å². The molecule has 2 aromatic rings. The lowest BCUT2D eigenvalue weighted by Crippen LogP contribution is -1.95. The zero-order valence-corrected chi connectivity index (χ0v) is 12.2. The lowest BCUT2D eigenvalue weighted by Gasteiger charge is -2.09. The second-order valence-electron chi connectivity index (χ2n) is 4.45. The van der Waals surface area contributed by atoms with E-state index in [1.54, 1.807) is 7.11 Å². The normalized spacial score (nSPS) is 10.5. The fraction of sp³-hybridized carbons (Fsp3) is 0.250. The highest BCUT2D eigenvalue weighted by atomic mass is 32.2. The number of nitrogens with two attached hydrogens (primary N) is 1. The van der Waals surface area contributed by atoms with Crippen LogP contribution in [0.4, 0.5) is 0 Å². The number of ether oxygens (including phenoxy) is 1. The van der Waals surface area contributed by atoms with E-state index in [9.17, 15) is 0 Å². The highest BCUT2D eigenvalue weighted by molar-refractivity contribution is 7.98. The maximum Gasteiger partial charge on any atom is 0.122 e. The maximum atomic E-state index is 5.60. The first-order chi connectivity index (χ1) is 9.22. The van der Waals surface area contributed by atoms with E-state index in [0.717, 1.165) is 17.1 Å². The largest absolute Gasteiger partial charge is 0.496 e. The van der Waals surface area contributed by atoms with Gasteiger partial charge in [-0.15, -0.1) is 11.8 Å². The molecule has 19 heavy (non-hydrogen) atoms. The Labute approximate surface area is 119 Å². The van der Waals surface area contributed by atoms with Gasteiger partial charge in [-0.05, 0) is 30.7 Å². The van der Waals surface area contributed by atoms with Crippen LogP contribution in [0.15, 0.2) is 47.4 Å². The fourth-order valence-corrected chi connectivity index (χ4v) is 2.78. The Hall–Kier alpha value is -1.45. The van der Waals surface area contributed by atoms with Gasteiger partial charge in [0, 0.05) is 22.8 Å². The molecule has 0 aliphatic carbocycles. The average Bonchev–Trinajstić information content (AvgIpc) is 2.46. The van der Waals surface area contributed by atoms with E-state index in [1.165, 1.54) is 16.0 Å². The third kappa shape index (κ3) is 3.75.